The van der Waals surface area contributed by atoms with Crippen molar-refractivity contribution in [2.45, 2.75) is 6.92 Å². The van der Waals surface area contributed by atoms with Gasteiger partial charge in [-0.2, -0.15) is 0 Å². The second-order valence-electron chi connectivity index (χ2n) is 2.54. The maximum atomic E-state index is 10.7. The molecule has 0 saturated carbocycles. The van der Waals surface area contributed by atoms with Crippen molar-refractivity contribution in [3.63, 3.8) is 0 Å². The Morgan fingerprint density at radius 3 is 2.71 bits per heavy atom. The summed E-state index contributed by atoms with van der Waals surface area (Å²) in [6, 6.07) is 1.28. The minimum Gasteiger partial charge on any atom is -0.478 e. The Morgan fingerprint density at radius 2 is 2.21 bits per heavy atom. The van der Waals surface area contributed by atoms with Crippen LogP contribution in [-0.2, 0) is 4.79 Å². The minimum atomic E-state index is -1.17. The van der Waals surface area contributed by atoms with E-state index in [1.54, 1.807) is 0 Å². The molecule has 0 spiro atoms. The molecule has 0 aromatic carbocycles. The standard InChI is InChI=1S/C8H7ClN2O3/c1-4(12)11-6-2-7(9)10-3-5(6)8(13)14/h2-3H,1H3,(H,13,14)(H,10,11,12). The molecule has 0 radical (unpaired) electrons. The molecule has 1 rings (SSSR count). The highest BCUT2D eigenvalue weighted by atomic mass is 35.5. The maximum absolute atomic E-state index is 10.7. The molecule has 6 heteroatoms. The van der Waals surface area contributed by atoms with Crippen molar-refractivity contribution in [1.82, 2.24) is 4.98 Å². The normalized spacial score (nSPS) is 9.57. The predicted octanol–water partition coefficient (Wildman–Crippen LogP) is 1.39. The fourth-order valence-electron chi connectivity index (χ4n) is 0.893. The number of pyridine rings is 1. The van der Waals surface area contributed by atoms with Crippen molar-refractivity contribution in [3.05, 3.63) is 23.0 Å². The zero-order valence-electron chi connectivity index (χ0n) is 7.24. The van der Waals surface area contributed by atoms with Gasteiger partial charge in [-0.15, -0.1) is 0 Å². The van der Waals surface area contributed by atoms with E-state index >= 15 is 0 Å². The highest BCUT2D eigenvalue weighted by Crippen LogP contribution is 2.18. The molecule has 0 fully saturated rings. The molecular formula is C8H7ClN2O3. The molecule has 14 heavy (non-hydrogen) atoms. The molecule has 2 N–H and O–H groups in total. The van der Waals surface area contributed by atoms with Crippen molar-refractivity contribution in [1.29, 1.82) is 0 Å². The van der Waals surface area contributed by atoms with Gasteiger partial charge in [-0.3, -0.25) is 4.79 Å². The van der Waals surface area contributed by atoms with Crippen molar-refractivity contribution < 1.29 is 14.7 Å². The summed E-state index contributed by atoms with van der Waals surface area (Å²) in [5.41, 5.74) is 0.0506. The molecule has 0 aliphatic carbocycles. The number of nitrogens with one attached hydrogen (secondary N) is 1. The van der Waals surface area contributed by atoms with E-state index in [1.165, 1.54) is 13.0 Å². The Balaban J connectivity index is 3.15. The van der Waals surface area contributed by atoms with E-state index in [4.69, 9.17) is 16.7 Å². The van der Waals surface area contributed by atoms with Gasteiger partial charge in [0.1, 0.15) is 10.7 Å². The number of hydrogen-bond acceptors (Lipinski definition) is 3. The van der Waals surface area contributed by atoms with Gasteiger partial charge in [-0.25, -0.2) is 9.78 Å². The average Bonchev–Trinajstić information content (AvgIpc) is 2.01. The quantitative estimate of drug-likeness (QED) is 0.730. The number of carboxylic acids is 1. The first-order chi connectivity index (χ1) is 6.50. The van der Waals surface area contributed by atoms with Crippen molar-refractivity contribution in [3.8, 4) is 0 Å². The van der Waals surface area contributed by atoms with Gasteiger partial charge in [0.05, 0.1) is 5.69 Å². The predicted molar refractivity (Wildman–Crippen MR) is 50.5 cm³/mol. The summed E-state index contributed by atoms with van der Waals surface area (Å²) in [5.74, 6) is -1.53. The van der Waals surface area contributed by atoms with Gasteiger partial charge in [0, 0.05) is 13.1 Å². The number of carbonyl (C=O) groups excluding carboxylic acids is 1. The fourth-order valence-corrected chi connectivity index (χ4v) is 1.05. The monoisotopic (exact) mass is 214 g/mol. The second-order valence-corrected chi connectivity index (χ2v) is 2.93. The zero-order valence-corrected chi connectivity index (χ0v) is 8.00. The minimum absolute atomic E-state index is 0.0930. The van der Waals surface area contributed by atoms with Crippen LogP contribution in [0.5, 0.6) is 0 Å². The largest absolute Gasteiger partial charge is 0.478 e. The van der Waals surface area contributed by atoms with Crippen LogP contribution in [0.25, 0.3) is 0 Å². The van der Waals surface area contributed by atoms with Gasteiger partial charge in [-0.1, -0.05) is 11.6 Å². The lowest BCUT2D eigenvalue weighted by molar-refractivity contribution is -0.114. The van der Waals surface area contributed by atoms with Crippen LogP contribution < -0.4 is 5.32 Å². The third kappa shape index (κ3) is 2.43. The first kappa shape index (κ1) is 10.5. The number of amides is 1. The lowest BCUT2D eigenvalue weighted by Gasteiger charge is -2.05. The van der Waals surface area contributed by atoms with Crippen LogP contribution in [-0.4, -0.2) is 22.0 Å². The van der Waals surface area contributed by atoms with E-state index in [1.807, 2.05) is 0 Å². The molecule has 0 atom stereocenters. The summed E-state index contributed by atoms with van der Waals surface area (Å²) in [7, 11) is 0. The molecule has 1 amide bonds. The van der Waals surface area contributed by atoms with E-state index < -0.39 is 5.97 Å². The van der Waals surface area contributed by atoms with Crippen molar-refractivity contribution in [2.75, 3.05) is 5.32 Å². The van der Waals surface area contributed by atoms with E-state index in [0.717, 1.165) is 6.20 Å². The first-order valence-corrected chi connectivity index (χ1v) is 4.05. The second kappa shape index (κ2) is 4.06. The summed E-state index contributed by atoms with van der Waals surface area (Å²) in [4.78, 5) is 25.0. The van der Waals surface area contributed by atoms with E-state index in [9.17, 15) is 9.59 Å². The topological polar surface area (TPSA) is 79.3 Å². The summed E-state index contributed by atoms with van der Waals surface area (Å²) in [5, 5.41) is 11.2. The number of carboxylic acid groups (broad SMARTS) is 1. The average molecular weight is 215 g/mol. The molecule has 0 saturated heterocycles. The van der Waals surface area contributed by atoms with Gasteiger partial charge in [0.25, 0.3) is 0 Å². The highest BCUT2D eigenvalue weighted by Gasteiger charge is 2.11. The lowest BCUT2D eigenvalue weighted by Crippen LogP contribution is -2.11. The van der Waals surface area contributed by atoms with Crippen LogP contribution in [0, 0.1) is 0 Å². The summed E-state index contributed by atoms with van der Waals surface area (Å²) in [6.45, 7) is 1.28. The van der Waals surface area contributed by atoms with Crippen LogP contribution in [0.15, 0.2) is 12.3 Å². The fraction of sp³-hybridized carbons (Fsp3) is 0.125. The van der Waals surface area contributed by atoms with Gasteiger partial charge in [-0.05, 0) is 6.07 Å². The molecule has 0 bridgehead atoms. The first-order valence-electron chi connectivity index (χ1n) is 3.67. The number of aromatic nitrogens is 1. The smallest absolute Gasteiger partial charge is 0.339 e. The third-order valence-electron chi connectivity index (χ3n) is 1.41. The summed E-state index contributed by atoms with van der Waals surface area (Å²) in [6.07, 6.45) is 1.09. The SMILES string of the molecule is CC(=O)Nc1cc(Cl)ncc1C(=O)O. The Hall–Kier alpha value is -1.62. The summed E-state index contributed by atoms with van der Waals surface area (Å²) < 4.78 is 0. The van der Waals surface area contributed by atoms with Crippen LogP contribution in [0.1, 0.15) is 17.3 Å². The molecule has 0 aliphatic heterocycles. The Labute approximate surface area is 84.7 Å². The van der Waals surface area contributed by atoms with Crippen molar-refractivity contribution in [2.24, 2.45) is 0 Å². The molecular weight excluding hydrogens is 208 g/mol. The molecule has 1 aromatic rings. The summed E-state index contributed by atoms with van der Waals surface area (Å²) >= 11 is 5.55. The number of anilines is 1. The van der Waals surface area contributed by atoms with Gasteiger partial charge >= 0.3 is 5.97 Å². The molecule has 0 unspecified atom stereocenters. The van der Waals surface area contributed by atoms with E-state index in [0.29, 0.717) is 0 Å². The molecule has 5 nitrogen and oxygen atoms in total. The van der Waals surface area contributed by atoms with Gasteiger partial charge in [0.15, 0.2) is 0 Å². The van der Waals surface area contributed by atoms with E-state index in [2.05, 4.69) is 10.3 Å². The number of nitrogens with zero attached hydrogens (tertiary/aromatic N) is 1. The number of rotatable bonds is 2. The van der Waals surface area contributed by atoms with Crippen LogP contribution in [0.3, 0.4) is 0 Å². The number of halogens is 1. The van der Waals surface area contributed by atoms with Crippen LogP contribution >= 0.6 is 11.6 Å². The Morgan fingerprint density at radius 1 is 1.57 bits per heavy atom. The Bertz CT molecular complexity index is 392. The van der Waals surface area contributed by atoms with Crippen LogP contribution in [0.2, 0.25) is 5.15 Å². The van der Waals surface area contributed by atoms with Gasteiger partial charge in [0.2, 0.25) is 5.91 Å². The number of aromatic carboxylic acids is 1. The van der Waals surface area contributed by atoms with Crippen LogP contribution in [0.4, 0.5) is 5.69 Å². The maximum Gasteiger partial charge on any atom is 0.339 e. The Kier molecular flexibility index (Phi) is 3.03. The number of hydrogen-bond donors (Lipinski definition) is 2. The highest BCUT2D eigenvalue weighted by molar-refractivity contribution is 6.29. The van der Waals surface area contributed by atoms with Crippen molar-refractivity contribution >= 4 is 29.2 Å². The zero-order chi connectivity index (χ0) is 10.7. The lowest BCUT2D eigenvalue weighted by atomic mass is 10.2. The van der Waals surface area contributed by atoms with E-state index in [-0.39, 0.29) is 22.3 Å². The molecule has 1 heterocycles. The third-order valence-corrected chi connectivity index (χ3v) is 1.62. The number of carbonyl (C=O) groups is 2. The molecule has 1 aromatic heterocycles. The molecule has 0 aliphatic rings. The van der Waals surface area contributed by atoms with Gasteiger partial charge < -0.3 is 10.4 Å². The molecule has 74 valence electrons.